The molecule has 0 aliphatic rings. The fraction of sp³-hybridized carbons (Fsp3) is 0.0769. The molecule has 0 bridgehead atoms. The van der Waals surface area contributed by atoms with Crippen LogP contribution in [0.15, 0.2) is 115 Å². The molecule has 0 radical (unpaired) electrons. The van der Waals surface area contributed by atoms with E-state index in [0.717, 1.165) is 0 Å². The summed E-state index contributed by atoms with van der Waals surface area (Å²) in [6.45, 7) is 2.19. The Morgan fingerprint density at radius 2 is 0.857 bits per heavy atom. The van der Waals surface area contributed by atoms with Crippen LogP contribution < -0.4 is 21.2 Å². The summed E-state index contributed by atoms with van der Waals surface area (Å²) in [5.74, 6) is 1.17. The first kappa shape index (κ1) is 19.1. The molecule has 0 fully saturated rings. The zero-order valence-corrected chi connectivity index (χ0v) is 17.9. The van der Waals surface area contributed by atoms with Gasteiger partial charge in [0.25, 0.3) is 0 Å². The van der Waals surface area contributed by atoms with Gasteiger partial charge in [0.1, 0.15) is 0 Å². The summed E-state index contributed by atoms with van der Waals surface area (Å²) in [6, 6.07) is 42.3. The molecular weight excluding hydrogens is 374 g/mol. The van der Waals surface area contributed by atoms with E-state index in [1.807, 2.05) is 0 Å². The maximum absolute atomic E-state index is 2.38. The van der Waals surface area contributed by atoms with Crippen LogP contribution in [0.4, 0.5) is 0 Å². The molecule has 0 amide bonds. The third-order valence-electron chi connectivity index (χ3n) is 4.80. The maximum Gasteiger partial charge on any atom is 0.00405 e. The maximum atomic E-state index is 2.38. The van der Waals surface area contributed by atoms with Crippen LogP contribution in [0.25, 0.3) is 0 Å². The minimum absolute atomic E-state index is 0.418. The summed E-state index contributed by atoms with van der Waals surface area (Å²) in [5, 5.41) is 5.85. The van der Waals surface area contributed by atoms with Crippen molar-refractivity contribution in [3.05, 3.63) is 121 Å². The van der Waals surface area contributed by atoms with E-state index in [1.54, 1.807) is 0 Å². The zero-order valence-electron chi connectivity index (χ0n) is 16.1. The van der Waals surface area contributed by atoms with Gasteiger partial charge in [-0.05, 0) is 44.0 Å². The van der Waals surface area contributed by atoms with Gasteiger partial charge in [0, 0.05) is 5.90 Å². The molecular formula is C26H24P2. The molecule has 4 rings (SSSR count). The summed E-state index contributed by atoms with van der Waals surface area (Å²) in [5.41, 5.74) is 1.34. The second-order valence-electron chi connectivity index (χ2n) is 6.84. The van der Waals surface area contributed by atoms with E-state index in [4.69, 9.17) is 0 Å². The molecule has 0 aliphatic heterocycles. The van der Waals surface area contributed by atoms with Crippen LogP contribution in [-0.2, 0) is 0 Å². The highest BCUT2D eigenvalue weighted by Gasteiger charge is 2.22. The van der Waals surface area contributed by atoms with E-state index in [0.29, 0.717) is 0 Å². The molecule has 0 saturated carbocycles. The largest absolute Gasteiger partial charge is 0.0622 e. The number of hydrogen-bond acceptors (Lipinski definition) is 0. The van der Waals surface area contributed by atoms with E-state index in [-0.39, 0.29) is 0 Å². The monoisotopic (exact) mass is 398 g/mol. The highest BCUT2D eigenvalue weighted by Crippen LogP contribution is 2.48. The van der Waals surface area contributed by atoms with Crippen molar-refractivity contribution in [2.75, 3.05) is 5.90 Å². The number of benzene rings is 4. The number of hydrogen-bond donors (Lipinski definition) is 0. The summed E-state index contributed by atoms with van der Waals surface area (Å²) >= 11 is 0. The second kappa shape index (κ2) is 9.29. The third kappa shape index (κ3) is 4.59. The Labute approximate surface area is 170 Å². The Hall–Kier alpha value is -2.26. The first-order valence-corrected chi connectivity index (χ1v) is 12.6. The molecule has 0 heterocycles. The van der Waals surface area contributed by atoms with Gasteiger partial charge >= 0.3 is 0 Å². The summed E-state index contributed by atoms with van der Waals surface area (Å²) in [7, 11) is -0.843. The lowest BCUT2D eigenvalue weighted by atomic mass is 10.2. The minimum Gasteiger partial charge on any atom is -0.0622 e. The van der Waals surface area contributed by atoms with Crippen LogP contribution >= 0.6 is 15.8 Å². The van der Waals surface area contributed by atoms with Gasteiger partial charge in [0.15, 0.2) is 0 Å². The summed E-state index contributed by atoms with van der Waals surface area (Å²) < 4.78 is 0. The Balaban J connectivity index is 1.78. The van der Waals surface area contributed by atoms with Crippen LogP contribution in [0.3, 0.4) is 0 Å². The standard InChI is InChI=1S/C26H24P2/c1-22-12-11-19-26(20-22)28(25-17-9-4-10-18-25)21-27(23-13-5-2-6-14-23)24-15-7-3-8-16-24/h2-20H,21H2,1H3. The highest BCUT2D eigenvalue weighted by atomic mass is 31.2. The highest BCUT2D eigenvalue weighted by molar-refractivity contribution is 7.88. The van der Waals surface area contributed by atoms with E-state index >= 15 is 0 Å². The van der Waals surface area contributed by atoms with Crippen molar-refractivity contribution >= 4 is 37.1 Å². The van der Waals surface area contributed by atoms with Gasteiger partial charge in [0.2, 0.25) is 0 Å². The van der Waals surface area contributed by atoms with Gasteiger partial charge in [-0.15, -0.1) is 0 Å². The van der Waals surface area contributed by atoms with E-state index in [9.17, 15) is 0 Å². The molecule has 0 spiro atoms. The molecule has 1 atom stereocenters. The Morgan fingerprint density at radius 3 is 1.29 bits per heavy atom. The van der Waals surface area contributed by atoms with Gasteiger partial charge in [-0.3, -0.25) is 0 Å². The molecule has 0 aliphatic carbocycles. The fourth-order valence-corrected chi connectivity index (χ4v) is 9.95. The van der Waals surface area contributed by atoms with Gasteiger partial charge in [-0.2, -0.15) is 0 Å². The van der Waals surface area contributed by atoms with Crippen LogP contribution in [0, 0.1) is 6.92 Å². The molecule has 1 unspecified atom stereocenters. The third-order valence-corrected chi connectivity index (χ3v) is 10.7. The normalized spacial score (nSPS) is 12.1. The van der Waals surface area contributed by atoms with Crippen molar-refractivity contribution in [3.63, 3.8) is 0 Å². The molecule has 0 aromatic heterocycles. The van der Waals surface area contributed by atoms with E-state index in [1.165, 1.54) is 32.7 Å². The molecule has 28 heavy (non-hydrogen) atoms. The fourth-order valence-electron chi connectivity index (χ4n) is 3.39. The van der Waals surface area contributed by atoms with E-state index in [2.05, 4.69) is 122 Å². The number of rotatable bonds is 6. The topological polar surface area (TPSA) is 0 Å². The Kier molecular flexibility index (Phi) is 6.33. The van der Waals surface area contributed by atoms with Crippen LogP contribution in [-0.4, -0.2) is 5.90 Å². The lowest BCUT2D eigenvalue weighted by Crippen LogP contribution is -2.20. The molecule has 4 aromatic rings. The van der Waals surface area contributed by atoms with Crippen molar-refractivity contribution in [1.29, 1.82) is 0 Å². The quantitative estimate of drug-likeness (QED) is 0.375. The average molecular weight is 398 g/mol. The minimum atomic E-state index is -0.425. The Morgan fingerprint density at radius 1 is 0.464 bits per heavy atom. The van der Waals surface area contributed by atoms with Gasteiger partial charge in [0.05, 0.1) is 0 Å². The number of aryl methyl sites for hydroxylation is 1. The Bertz CT molecular complexity index is 959. The van der Waals surface area contributed by atoms with Crippen molar-refractivity contribution in [2.24, 2.45) is 0 Å². The summed E-state index contributed by atoms with van der Waals surface area (Å²) in [6.07, 6.45) is 0. The first-order chi connectivity index (χ1) is 13.8. The predicted octanol–water partition coefficient (Wildman–Crippen LogP) is 5.52. The van der Waals surface area contributed by atoms with Crippen molar-refractivity contribution in [3.8, 4) is 0 Å². The second-order valence-corrected chi connectivity index (χ2v) is 11.8. The van der Waals surface area contributed by atoms with Gasteiger partial charge < -0.3 is 0 Å². The zero-order chi connectivity index (χ0) is 19.2. The van der Waals surface area contributed by atoms with Crippen LogP contribution in [0.5, 0.6) is 0 Å². The summed E-state index contributed by atoms with van der Waals surface area (Å²) in [4.78, 5) is 0. The smallest absolute Gasteiger partial charge is 0.00405 e. The lowest BCUT2D eigenvalue weighted by molar-refractivity contribution is 1.49. The van der Waals surface area contributed by atoms with Crippen molar-refractivity contribution in [2.45, 2.75) is 6.92 Å². The SMILES string of the molecule is Cc1cccc(P(CP(c2ccccc2)c2ccccc2)c2ccccc2)c1. The molecule has 138 valence electrons. The van der Waals surface area contributed by atoms with Crippen molar-refractivity contribution in [1.82, 2.24) is 0 Å². The molecule has 0 nitrogen and oxygen atoms in total. The molecule has 4 aromatic carbocycles. The predicted molar refractivity (Wildman–Crippen MR) is 128 cm³/mol. The van der Waals surface area contributed by atoms with Crippen LogP contribution in [0.1, 0.15) is 5.56 Å². The van der Waals surface area contributed by atoms with Gasteiger partial charge in [-0.25, -0.2) is 0 Å². The average Bonchev–Trinajstić information content (AvgIpc) is 2.76. The molecule has 2 heteroatoms. The van der Waals surface area contributed by atoms with Crippen molar-refractivity contribution < 1.29 is 0 Å². The van der Waals surface area contributed by atoms with E-state index < -0.39 is 15.8 Å². The van der Waals surface area contributed by atoms with Gasteiger partial charge in [-0.1, -0.05) is 121 Å². The lowest BCUT2D eigenvalue weighted by Gasteiger charge is -2.26. The van der Waals surface area contributed by atoms with Crippen LogP contribution in [0.2, 0.25) is 0 Å². The molecule has 0 N–H and O–H groups in total. The molecule has 0 saturated heterocycles. The first-order valence-electron chi connectivity index (χ1n) is 9.58.